The quantitative estimate of drug-likeness (QED) is 0.919. The van der Waals surface area contributed by atoms with Gasteiger partial charge in [0.25, 0.3) is 0 Å². The maximum Gasteiger partial charge on any atom is 0.143 e. The maximum atomic E-state index is 5.83. The minimum Gasteiger partial charge on any atom is -0.353 e. The summed E-state index contributed by atoms with van der Waals surface area (Å²) in [5, 5.41) is 0. The molecule has 0 aliphatic carbocycles. The van der Waals surface area contributed by atoms with Crippen LogP contribution in [0, 0.1) is 6.92 Å². The topological polar surface area (TPSA) is 45.4 Å². The minimum atomic E-state index is 0.524. The molecule has 2 heterocycles. The van der Waals surface area contributed by atoms with Gasteiger partial charge in [0, 0.05) is 45.0 Å². The Morgan fingerprint density at radius 1 is 1.37 bits per heavy atom. The Hall–Kier alpha value is -0.650. The van der Waals surface area contributed by atoms with Crippen LogP contribution in [-0.4, -0.2) is 48.6 Å². The van der Waals surface area contributed by atoms with E-state index in [-0.39, 0.29) is 0 Å². The van der Waals surface area contributed by atoms with E-state index in [1.54, 1.807) is 0 Å². The lowest BCUT2D eigenvalue weighted by Gasteiger charge is -2.39. The molecule has 5 heteroatoms. The average Bonchev–Trinajstić information content (AvgIpc) is 2.44. The zero-order valence-electron chi connectivity index (χ0n) is 11.8. The van der Waals surface area contributed by atoms with E-state index in [9.17, 15) is 0 Å². The molecule has 0 radical (unpaired) electrons. The fourth-order valence-corrected chi connectivity index (χ4v) is 3.10. The SMILES string of the molecule is CCC(CN)N1CCN(c2nccc(C)c2Br)CC1. The van der Waals surface area contributed by atoms with Crippen LogP contribution >= 0.6 is 15.9 Å². The van der Waals surface area contributed by atoms with Crippen LogP contribution in [0.4, 0.5) is 5.82 Å². The molecule has 1 aliphatic rings. The molecule has 0 aromatic carbocycles. The number of hydrogen-bond acceptors (Lipinski definition) is 4. The van der Waals surface area contributed by atoms with E-state index >= 15 is 0 Å². The van der Waals surface area contributed by atoms with Crippen LogP contribution in [-0.2, 0) is 0 Å². The van der Waals surface area contributed by atoms with Crippen molar-refractivity contribution < 1.29 is 0 Å². The molecule has 0 amide bonds. The number of rotatable bonds is 4. The van der Waals surface area contributed by atoms with Gasteiger partial charge in [0.1, 0.15) is 5.82 Å². The monoisotopic (exact) mass is 326 g/mol. The first kappa shape index (κ1) is 14.8. The lowest BCUT2D eigenvalue weighted by molar-refractivity contribution is 0.184. The Morgan fingerprint density at radius 2 is 2.05 bits per heavy atom. The van der Waals surface area contributed by atoms with E-state index in [2.05, 4.69) is 44.6 Å². The largest absolute Gasteiger partial charge is 0.353 e. The fourth-order valence-electron chi connectivity index (χ4n) is 2.62. The highest BCUT2D eigenvalue weighted by Crippen LogP contribution is 2.27. The van der Waals surface area contributed by atoms with E-state index in [0.29, 0.717) is 6.04 Å². The summed E-state index contributed by atoms with van der Waals surface area (Å²) in [6.45, 7) is 9.24. The van der Waals surface area contributed by atoms with Crippen LogP contribution in [0.15, 0.2) is 16.7 Å². The number of anilines is 1. The molecule has 1 unspecified atom stereocenters. The van der Waals surface area contributed by atoms with Crippen LogP contribution < -0.4 is 10.6 Å². The molecule has 1 aromatic heterocycles. The summed E-state index contributed by atoms with van der Waals surface area (Å²) < 4.78 is 1.12. The van der Waals surface area contributed by atoms with Crippen LogP contribution in [0.5, 0.6) is 0 Å². The van der Waals surface area contributed by atoms with Gasteiger partial charge in [-0.3, -0.25) is 4.90 Å². The second-order valence-corrected chi connectivity index (χ2v) is 5.88. The van der Waals surface area contributed by atoms with Crippen molar-refractivity contribution in [3.8, 4) is 0 Å². The van der Waals surface area contributed by atoms with E-state index in [0.717, 1.165) is 49.4 Å². The molecular formula is C14H23BrN4. The summed E-state index contributed by atoms with van der Waals surface area (Å²) in [5.74, 6) is 1.07. The van der Waals surface area contributed by atoms with Gasteiger partial charge in [-0.1, -0.05) is 6.92 Å². The summed E-state index contributed by atoms with van der Waals surface area (Å²) in [5.41, 5.74) is 7.07. The van der Waals surface area contributed by atoms with Gasteiger partial charge in [0.2, 0.25) is 0 Å². The maximum absolute atomic E-state index is 5.83. The average molecular weight is 327 g/mol. The van der Waals surface area contributed by atoms with Crippen LogP contribution in [0.3, 0.4) is 0 Å². The smallest absolute Gasteiger partial charge is 0.143 e. The summed E-state index contributed by atoms with van der Waals surface area (Å²) in [6, 6.07) is 2.56. The van der Waals surface area contributed by atoms with Crippen LogP contribution in [0.25, 0.3) is 0 Å². The van der Waals surface area contributed by atoms with Gasteiger partial charge in [-0.15, -0.1) is 0 Å². The summed E-state index contributed by atoms with van der Waals surface area (Å²) in [6.07, 6.45) is 3.01. The second kappa shape index (κ2) is 6.68. The van der Waals surface area contributed by atoms with E-state index in [1.165, 1.54) is 5.56 Å². The second-order valence-electron chi connectivity index (χ2n) is 5.09. The van der Waals surface area contributed by atoms with Gasteiger partial charge in [0.05, 0.1) is 4.47 Å². The number of halogens is 1. The lowest BCUT2D eigenvalue weighted by atomic mass is 10.1. The summed E-state index contributed by atoms with van der Waals surface area (Å²) >= 11 is 3.65. The molecule has 19 heavy (non-hydrogen) atoms. The van der Waals surface area contributed by atoms with Crippen molar-refractivity contribution in [2.45, 2.75) is 26.3 Å². The Labute approximate surface area is 124 Å². The molecule has 1 aromatic rings. The number of piperazine rings is 1. The van der Waals surface area contributed by atoms with Crippen molar-refractivity contribution in [2.24, 2.45) is 5.73 Å². The zero-order chi connectivity index (χ0) is 13.8. The van der Waals surface area contributed by atoms with Crippen LogP contribution in [0.1, 0.15) is 18.9 Å². The third-order valence-electron chi connectivity index (χ3n) is 3.94. The molecule has 2 rings (SSSR count). The highest BCUT2D eigenvalue weighted by atomic mass is 79.9. The zero-order valence-corrected chi connectivity index (χ0v) is 13.4. The van der Waals surface area contributed by atoms with Gasteiger partial charge >= 0.3 is 0 Å². The van der Waals surface area contributed by atoms with Crippen molar-refractivity contribution in [1.29, 1.82) is 0 Å². The highest BCUT2D eigenvalue weighted by molar-refractivity contribution is 9.10. The van der Waals surface area contributed by atoms with Crippen molar-refractivity contribution in [3.05, 3.63) is 22.3 Å². The third-order valence-corrected chi connectivity index (χ3v) is 4.92. The highest BCUT2D eigenvalue weighted by Gasteiger charge is 2.23. The van der Waals surface area contributed by atoms with Crippen LogP contribution in [0.2, 0.25) is 0 Å². The van der Waals surface area contributed by atoms with E-state index < -0.39 is 0 Å². The fraction of sp³-hybridized carbons (Fsp3) is 0.643. The van der Waals surface area contributed by atoms with E-state index in [4.69, 9.17) is 5.73 Å². The summed E-state index contributed by atoms with van der Waals surface area (Å²) in [7, 11) is 0. The first-order chi connectivity index (χ1) is 9.17. The van der Waals surface area contributed by atoms with Gasteiger partial charge in [-0.2, -0.15) is 0 Å². The van der Waals surface area contributed by atoms with Gasteiger partial charge in [-0.05, 0) is 40.9 Å². The van der Waals surface area contributed by atoms with Crippen molar-refractivity contribution in [1.82, 2.24) is 9.88 Å². The molecule has 2 N–H and O–H groups in total. The normalized spacial score (nSPS) is 18.6. The Kier molecular flexibility index (Phi) is 5.19. The number of aryl methyl sites for hydroxylation is 1. The molecular weight excluding hydrogens is 304 g/mol. The third kappa shape index (κ3) is 3.27. The predicted octanol–water partition coefficient (Wildman–Crippen LogP) is 2.01. The minimum absolute atomic E-state index is 0.524. The Balaban J connectivity index is 2.02. The molecule has 0 saturated carbocycles. The van der Waals surface area contributed by atoms with Crippen molar-refractivity contribution >= 4 is 21.7 Å². The molecule has 1 saturated heterocycles. The summed E-state index contributed by atoms with van der Waals surface area (Å²) in [4.78, 5) is 9.37. The number of nitrogens with two attached hydrogens (primary N) is 1. The number of pyridine rings is 1. The molecule has 4 nitrogen and oxygen atoms in total. The molecule has 1 fully saturated rings. The lowest BCUT2D eigenvalue weighted by Crippen LogP contribution is -2.52. The predicted molar refractivity (Wildman–Crippen MR) is 83.6 cm³/mol. The number of aromatic nitrogens is 1. The molecule has 106 valence electrons. The van der Waals surface area contributed by atoms with Gasteiger partial charge in [-0.25, -0.2) is 4.98 Å². The molecule has 0 spiro atoms. The number of nitrogens with zero attached hydrogens (tertiary/aromatic N) is 3. The molecule has 0 bridgehead atoms. The Bertz CT molecular complexity index is 412. The first-order valence-electron chi connectivity index (χ1n) is 6.97. The molecule has 1 atom stereocenters. The molecule has 1 aliphatic heterocycles. The first-order valence-corrected chi connectivity index (χ1v) is 7.76. The number of hydrogen-bond donors (Lipinski definition) is 1. The standard InChI is InChI=1S/C14H23BrN4/c1-3-12(10-16)18-6-8-19(9-7-18)14-13(15)11(2)4-5-17-14/h4-5,12H,3,6-10,16H2,1-2H3. The van der Waals surface area contributed by atoms with Crippen molar-refractivity contribution in [2.75, 3.05) is 37.6 Å². The van der Waals surface area contributed by atoms with Crippen molar-refractivity contribution in [3.63, 3.8) is 0 Å². The van der Waals surface area contributed by atoms with E-state index in [1.807, 2.05) is 12.3 Å². The van der Waals surface area contributed by atoms with Gasteiger partial charge in [0.15, 0.2) is 0 Å². The van der Waals surface area contributed by atoms with Gasteiger partial charge < -0.3 is 10.6 Å². The Morgan fingerprint density at radius 3 is 2.63 bits per heavy atom.